The number of hydrogen-bond acceptors (Lipinski definition) is 4. The van der Waals surface area contributed by atoms with Crippen molar-refractivity contribution in [3.8, 4) is 5.88 Å². The van der Waals surface area contributed by atoms with Crippen LogP contribution < -0.4 is 10.1 Å². The highest BCUT2D eigenvalue weighted by Crippen LogP contribution is 2.50. The minimum absolute atomic E-state index is 0.336. The summed E-state index contributed by atoms with van der Waals surface area (Å²) in [4.78, 5) is 0. The molecule has 2 bridgehead atoms. The molecule has 3 rings (SSSR count). The molecule has 0 spiro atoms. The Bertz CT molecular complexity index is 434. The summed E-state index contributed by atoms with van der Waals surface area (Å²) in [5.74, 6) is 3.44. The molecule has 4 nitrogen and oxygen atoms in total. The molecule has 0 radical (unpaired) electrons. The Balaban J connectivity index is 1.68. The van der Waals surface area contributed by atoms with Crippen molar-refractivity contribution in [1.29, 1.82) is 0 Å². The molecule has 0 aliphatic heterocycles. The minimum Gasteiger partial charge on any atom is -0.480 e. The van der Waals surface area contributed by atoms with Crippen LogP contribution in [0.3, 0.4) is 0 Å². The molecule has 0 saturated heterocycles. The van der Waals surface area contributed by atoms with Crippen LogP contribution in [0.2, 0.25) is 0 Å². The average Bonchev–Trinajstić information content (AvgIpc) is 3.09. The van der Waals surface area contributed by atoms with Crippen LogP contribution in [0.15, 0.2) is 12.1 Å². The van der Waals surface area contributed by atoms with Gasteiger partial charge >= 0.3 is 0 Å². The average molecular weight is 275 g/mol. The molecule has 4 heteroatoms. The van der Waals surface area contributed by atoms with Gasteiger partial charge in [0.05, 0.1) is 18.8 Å². The van der Waals surface area contributed by atoms with Gasteiger partial charge < -0.3 is 10.1 Å². The molecule has 20 heavy (non-hydrogen) atoms. The van der Waals surface area contributed by atoms with E-state index in [-0.39, 0.29) is 0 Å². The third-order valence-corrected chi connectivity index (χ3v) is 5.10. The predicted molar refractivity (Wildman–Crippen MR) is 78.6 cm³/mol. The first-order valence-corrected chi connectivity index (χ1v) is 7.91. The number of rotatable bonds is 6. The van der Waals surface area contributed by atoms with Crippen LogP contribution >= 0.6 is 0 Å². The molecule has 2 aliphatic rings. The van der Waals surface area contributed by atoms with Gasteiger partial charge in [-0.25, -0.2) is 0 Å². The van der Waals surface area contributed by atoms with E-state index in [1.54, 1.807) is 7.11 Å². The number of nitrogens with zero attached hydrogens (tertiary/aromatic N) is 2. The molecule has 1 N–H and O–H groups in total. The van der Waals surface area contributed by atoms with E-state index in [1.165, 1.54) is 32.1 Å². The lowest BCUT2D eigenvalue weighted by Crippen LogP contribution is -2.26. The van der Waals surface area contributed by atoms with E-state index in [2.05, 4.69) is 22.4 Å². The van der Waals surface area contributed by atoms with Crippen LogP contribution in [0.5, 0.6) is 5.88 Å². The number of ether oxygens (including phenoxy) is 1. The quantitative estimate of drug-likeness (QED) is 0.867. The molecular weight excluding hydrogens is 250 g/mol. The molecule has 4 atom stereocenters. The molecule has 0 amide bonds. The van der Waals surface area contributed by atoms with E-state index in [9.17, 15) is 0 Å². The third kappa shape index (κ3) is 2.80. The Morgan fingerprint density at radius 3 is 2.75 bits per heavy atom. The van der Waals surface area contributed by atoms with Crippen molar-refractivity contribution >= 4 is 0 Å². The van der Waals surface area contributed by atoms with Crippen LogP contribution in [0.4, 0.5) is 0 Å². The first-order valence-electron chi connectivity index (χ1n) is 7.91. The zero-order valence-electron chi connectivity index (χ0n) is 12.5. The van der Waals surface area contributed by atoms with E-state index < -0.39 is 0 Å². The van der Waals surface area contributed by atoms with Crippen molar-refractivity contribution in [3.05, 3.63) is 17.8 Å². The van der Waals surface area contributed by atoms with Crippen LogP contribution in [0.1, 0.15) is 50.8 Å². The molecule has 110 valence electrons. The Morgan fingerprint density at radius 2 is 2.20 bits per heavy atom. The van der Waals surface area contributed by atoms with E-state index in [1.807, 2.05) is 12.1 Å². The summed E-state index contributed by atoms with van der Waals surface area (Å²) < 4.78 is 5.09. The zero-order chi connectivity index (χ0) is 13.9. The highest BCUT2D eigenvalue weighted by molar-refractivity contribution is 5.14. The fourth-order valence-electron chi connectivity index (χ4n) is 4.15. The van der Waals surface area contributed by atoms with Crippen molar-refractivity contribution in [2.75, 3.05) is 13.7 Å². The Morgan fingerprint density at radius 1 is 1.30 bits per heavy atom. The predicted octanol–water partition coefficient (Wildman–Crippen LogP) is 2.96. The van der Waals surface area contributed by atoms with Crippen LogP contribution in [-0.2, 0) is 0 Å². The van der Waals surface area contributed by atoms with Crippen LogP contribution in [-0.4, -0.2) is 23.9 Å². The number of fused-ring (bicyclic) bond motifs is 2. The van der Waals surface area contributed by atoms with Gasteiger partial charge in [0.15, 0.2) is 0 Å². The van der Waals surface area contributed by atoms with Gasteiger partial charge in [-0.2, -0.15) is 5.10 Å². The Labute approximate surface area is 121 Å². The van der Waals surface area contributed by atoms with Crippen LogP contribution in [0.25, 0.3) is 0 Å². The molecule has 2 saturated carbocycles. The van der Waals surface area contributed by atoms with Crippen molar-refractivity contribution < 1.29 is 4.74 Å². The molecule has 1 heterocycles. The lowest BCUT2D eigenvalue weighted by atomic mass is 9.83. The highest BCUT2D eigenvalue weighted by atomic mass is 16.5. The molecule has 2 aliphatic carbocycles. The van der Waals surface area contributed by atoms with Gasteiger partial charge in [-0.05, 0) is 56.0 Å². The van der Waals surface area contributed by atoms with E-state index in [4.69, 9.17) is 4.74 Å². The van der Waals surface area contributed by atoms with E-state index >= 15 is 0 Å². The number of hydrogen-bond donors (Lipinski definition) is 1. The monoisotopic (exact) mass is 275 g/mol. The smallest absolute Gasteiger partial charge is 0.233 e. The van der Waals surface area contributed by atoms with Gasteiger partial charge in [-0.3, -0.25) is 0 Å². The first-order chi connectivity index (χ1) is 9.80. The molecule has 0 aromatic carbocycles. The Hall–Kier alpha value is -1.16. The Kier molecular flexibility index (Phi) is 4.20. The van der Waals surface area contributed by atoms with Gasteiger partial charge in [0.1, 0.15) is 0 Å². The topological polar surface area (TPSA) is 47.0 Å². The second kappa shape index (κ2) is 6.08. The second-order valence-electron chi connectivity index (χ2n) is 6.28. The lowest BCUT2D eigenvalue weighted by molar-refractivity contribution is 0.277. The maximum atomic E-state index is 5.09. The van der Waals surface area contributed by atoms with Crippen molar-refractivity contribution in [3.63, 3.8) is 0 Å². The van der Waals surface area contributed by atoms with E-state index in [0.717, 1.165) is 30.0 Å². The van der Waals surface area contributed by atoms with Crippen molar-refractivity contribution in [1.82, 2.24) is 15.5 Å². The fraction of sp³-hybridized carbons (Fsp3) is 0.750. The van der Waals surface area contributed by atoms with Crippen molar-refractivity contribution in [2.24, 2.45) is 17.8 Å². The maximum Gasteiger partial charge on any atom is 0.233 e. The minimum atomic E-state index is 0.336. The molecule has 1 aromatic heterocycles. The SMILES string of the molecule is CCNC(CC1CC2CCC1C2)c1ccc(OC)nn1. The number of aromatic nitrogens is 2. The second-order valence-corrected chi connectivity index (χ2v) is 6.28. The summed E-state index contributed by atoms with van der Waals surface area (Å²) in [6.45, 7) is 3.13. The van der Waals surface area contributed by atoms with Gasteiger partial charge in [-0.1, -0.05) is 13.3 Å². The normalized spacial score (nSPS) is 29.6. The third-order valence-electron chi connectivity index (χ3n) is 5.10. The zero-order valence-corrected chi connectivity index (χ0v) is 12.5. The fourth-order valence-corrected chi connectivity index (χ4v) is 4.15. The summed E-state index contributed by atoms with van der Waals surface area (Å²) in [5, 5.41) is 12.0. The largest absolute Gasteiger partial charge is 0.480 e. The molecule has 1 aromatic rings. The number of methoxy groups -OCH3 is 1. The lowest BCUT2D eigenvalue weighted by Gasteiger charge is -2.26. The summed E-state index contributed by atoms with van der Waals surface area (Å²) in [6.07, 6.45) is 7.02. The van der Waals surface area contributed by atoms with Gasteiger partial charge in [-0.15, -0.1) is 5.10 Å². The first kappa shape index (κ1) is 13.8. The van der Waals surface area contributed by atoms with Gasteiger partial charge in [0, 0.05) is 6.07 Å². The van der Waals surface area contributed by atoms with Crippen molar-refractivity contribution in [2.45, 2.75) is 45.1 Å². The molecule has 4 unspecified atom stereocenters. The van der Waals surface area contributed by atoms with Gasteiger partial charge in [0.25, 0.3) is 0 Å². The summed E-state index contributed by atoms with van der Waals surface area (Å²) in [7, 11) is 1.63. The summed E-state index contributed by atoms with van der Waals surface area (Å²) >= 11 is 0. The number of nitrogens with one attached hydrogen (secondary N) is 1. The summed E-state index contributed by atoms with van der Waals surface area (Å²) in [6, 6.07) is 4.29. The highest BCUT2D eigenvalue weighted by Gasteiger charge is 2.40. The molecular formula is C16H25N3O. The maximum absolute atomic E-state index is 5.09. The van der Waals surface area contributed by atoms with Gasteiger partial charge in [0.2, 0.25) is 5.88 Å². The van der Waals surface area contributed by atoms with E-state index in [0.29, 0.717) is 11.9 Å². The van der Waals surface area contributed by atoms with Crippen LogP contribution in [0, 0.1) is 17.8 Å². The standard InChI is InChI=1S/C16H25N3O/c1-3-17-15(14-6-7-16(20-2)19-18-14)10-13-9-11-4-5-12(13)8-11/h6-7,11-13,15,17H,3-5,8-10H2,1-2H3. The summed E-state index contributed by atoms with van der Waals surface area (Å²) in [5.41, 5.74) is 1.05. The molecule has 2 fully saturated rings.